The van der Waals surface area contributed by atoms with Crippen LogP contribution < -0.4 is 5.56 Å². The fourth-order valence-corrected chi connectivity index (χ4v) is 5.23. The number of alkyl halides is 2. The van der Waals surface area contributed by atoms with Gasteiger partial charge < -0.3 is 0 Å². The summed E-state index contributed by atoms with van der Waals surface area (Å²) in [6.45, 7) is 2.01. The van der Waals surface area contributed by atoms with Gasteiger partial charge in [0, 0.05) is 30.9 Å². The van der Waals surface area contributed by atoms with E-state index in [0.29, 0.717) is 17.2 Å². The van der Waals surface area contributed by atoms with E-state index < -0.39 is 6.43 Å². The zero-order valence-corrected chi connectivity index (χ0v) is 22.6. The van der Waals surface area contributed by atoms with Gasteiger partial charge in [0.25, 0.3) is 12.0 Å². The van der Waals surface area contributed by atoms with Crippen molar-refractivity contribution in [2.75, 3.05) is 0 Å². The fraction of sp³-hybridized carbons (Fsp3) is 0.448. The molecule has 0 atom stereocenters. The predicted molar refractivity (Wildman–Crippen MR) is 144 cm³/mol. The Hall–Kier alpha value is -3.89. The van der Waals surface area contributed by atoms with Crippen molar-refractivity contribution in [3.63, 3.8) is 0 Å². The third kappa shape index (κ3) is 6.29. The van der Waals surface area contributed by atoms with Crippen molar-refractivity contribution >= 4 is 0 Å². The first-order valence-electron chi connectivity index (χ1n) is 13.6. The molecule has 0 spiro atoms. The summed E-state index contributed by atoms with van der Waals surface area (Å²) in [6.07, 6.45) is 7.66. The molecule has 8 nitrogen and oxygen atoms in total. The average molecular weight is 552 g/mol. The lowest BCUT2D eigenvalue weighted by Gasteiger charge is -2.22. The van der Waals surface area contributed by atoms with Gasteiger partial charge in [0.2, 0.25) is 0 Å². The lowest BCUT2D eigenvalue weighted by atomic mass is 9.84. The quantitative estimate of drug-likeness (QED) is 0.298. The molecule has 0 aliphatic heterocycles. The highest BCUT2D eigenvalue weighted by Gasteiger charge is 2.30. The van der Waals surface area contributed by atoms with Crippen LogP contribution in [-0.4, -0.2) is 34.7 Å². The van der Waals surface area contributed by atoms with Crippen LogP contribution in [0.2, 0.25) is 0 Å². The monoisotopic (exact) mass is 551 g/mol. The van der Waals surface area contributed by atoms with Gasteiger partial charge in [-0.15, -0.1) is 5.10 Å². The van der Waals surface area contributed by atoms with E-state index in [9.17, 15) is 18.0 Å². The standard InChI is InChI=1S/C22H25F2N7O.C7H7F/c1-30-20(21(23)24)19(27-29-30)16-11-15(13-5-3-2-4-6-13)22(32)31(28-16)12-17-18(14-7-8-14)26-10-9-25-17;1-6-3-2-4-7(8)5-6/h9-11,13-14,21H,2-8,12H2,1H3;2-5H,1H3. The summed E-state index contributed by atoms with van der Waals surface area (Å²) in [6, 6.07) is 8.14. The van der Waals surface area contributed by atoms with E-state index in [1.807, 2.05) is 13.0 Å². The second kappa shape index (κ2) is 12.1. The smallest absolute Gasteiger partial charge is 0.267 e. The first-order chi connectivity index (χ1) is 19.3. The Labute approximate surface area is 230 Å². The van der Waals surface area contributed by atoms with Crippen LogP contribution >= 0.6 is 0 Å². The Kier molecular flexibility index (Phi) is 8.37. The topological polar surface area (TPSA) is 91.4 Å². The molecule has 0 N–H and O–H groups in total. The maximum atomic E-state index is 13.7. The molecule has 0 saturated heterocycles. The SMILES string of the molecule is Cc1cccc(F)c1.Cn1nnc(-c2cc(C3CCCCC3)c(=O)n(Cc3nccnc3C3CC3)n2)c1C(F)F. The minimum atomic E-state index is -2.76. The third-order valence-corrected chi connectivity index (χ3v) is 7.42. The Bertz CT molecular complexity index is 1510. The van der Waals surface area contributed by atoms with Crippen LogP contribution in [0.1, 0.15) is 91.4 Å². The third-order valence-electron chi connectivity index (χ3n) is 7.42. The van der Waals surface area contributed by atoms with E-state index in [2.05, 4.69) is 25.4 Å². The van der Waals surface area contributed by atoms with Gasteiger partial charge in [0.1, 0.15) is 22.9 Å². The Morgan fingerprint density at radius 2 is 1.75 bits per heavy atom. The lowest BCUT2D eigenvalue weighted by molar-refractivity contribution is 0.141. The summed E-state index contributed by atoms with van der Waals surface area (Å²) in [7, 11) is 1.43. The van der Waals surface area contributed by atoms with E-state index in [4.69, 9.17) is 0 Å². The minimum absolute atomic E-state index is 0.00914. The van der Waals surface area contributed by atoms with Crippen LogP contribution in [0.25, 0.3) is 11.4 Å². The summed E-state index contributed by atoms with van der Waals surface area (Å²) in [4.78, 5) is 22.4. The van der Waals surface area contributed by atoms with Gasteiger partial charge in [0.05, 0.1) is 17.9 Å². The molecule has 2 fully saturated rings. The Balaban J connectivity index is 0.000000348. The molecule has 0 amide bonds. The van der Waals surface area contributed by atoms with Crippen LogP contribution in [-0.2, 0) is 13.6 Å². The molecule has 2 saturated carbocycles. The lowest BCUT2D eigenvalue weighted by Crippen LogP contribution is -2.30. The highest BCUT2D eigenvalue weighted by Crippen LogP contribution is 2.40. The molecule has 11 heteroatoms. The molecular formula is C29H32F3N7O. The van der Waals surface area contributed by atoms with Crippen molar-refractivity contribution in [3.8, 4) is 11.4 Å². The zero-order chi connectivity index (χ0) is 28.2. The highest BCUT2D eigenvalue weighted by molar-refractivity contribution is 5.57. The molecule has 0 bridgehead atoms. The number of hydrogen-bond donors (Lipinski definition) is 0. The number of hydrogen-bond acceptors (Lipinski definition) is 6. The van der Waals surface area contributed by atoms with Gasteiger partial charge in [-0.1, -0.05) is 36.6 Å². The maximum absolute atomic E-state index is 13.7. The molecular weight excluding hydrogens is 519 g/mol. The first-order valence-corrected chi connectivity index (χ1v) is 13.6. The summed E-state index contributed by atoms with van der Waals surface area (Å²) in [5.74, 6) is 0.284. The predicted octanol–water partition coefficient (Wildman–Crippen LogP) is 5.87. The van der Waals surface area contributed by atoms with Gasteiger partial charge in [-0.3, -0.25) is 14.8 Å². The normalized spacial score (nSPS) is 15.7. The van der Waals surface area contributed by atoms with Crippen LogP contribution in [0.5, 0.6) is 0 Å². The fourth-order valence-electron chi connectivity index (χ4n) is 5.23. The highest BCUT2D eigenvalue weighted by atomic mass is 19.3. The molecule has 3 heterocycles. The molecule has 2 aliphatic rings. The van der Waals surface area contributed by atoms with Gasteiger partial charge >= 0.3 is 0 Å². The largest absolute Gasteiger partial charge is 0.282 e. The van der Waals surface area contributed by atoms with Crippen molar-refractivity contribution in [2.24, 2.45) is 7.05 Å². The number of aryl methyl sites for hydroxylation is 2. The minimum Gasteiger partial charge on any atom is -0.267 e. The number of nitrogens with zero attached hydrogens (tertiary/aromatic N) is 7. The molecule has 0 unspecified atom stereocenters. The number of benzene rings is 1. The molecule has 6 rings (SSSR count). The number of aromatic nitrogens is 7. The molecule has 40 heavy (non-hydrogen) atoms. The zero-order valence-electron chi connectivity index (χ0n) is 22.6. The summed E-state index contributed by atoms with van der Waals surface area (Å²) in [5.41, 5.74) is 2.90. The summed E-state index contributed by atoms with van der Waals surface area (Å²) >= 11 is 0. The maximum Gasteiger partial charge on any atom is 0.282 e. The number of halogens is 3. The van der Waals surface area contributed by atoms with Crippen molar-refractivity contribution < 1.29 is 13.2 Å². The van der Waals surface area contributed by atoms with Crippen LogP contribution in [0.15, 0.2) is 47.5 Å². The molecule has 3 aromatic heterocycles. The van der Waals surface area contributed by atoms with E-state index >= 15 is 0 Å². The van der Waals surface area contributed by atoms with Crippen molar-refractivity contribution in [2.45, 2.75) is 76.7 Å². The van der Waals surface area contributed by atoms with E-state index in [1.165, 1.54) is 23.9 Å². The van der Waals surface area contributed by atoms with Crippen LogP contribution in [0, 0.1) is 12.7 Å². The van der Waals surface area contributed by atoms with Gasteiger partial charge in [-0.2, -0.15) is 5.10 Å². The summed E-state index contributed by atoms with van der Waals surface area (Å²) < 4.78 is 42.0. The van der Waals surface area contributed by atoms with Crippen LogP contribution in [0.3, 0.4) is 0 Å². The summed E-state index contributed by atoms with van der Waals surface area (Å²) in [5, 5.41) is 12.2. The van der Waals surface area contributed by atoms with E-state index in [0.717, 1.165) is 60.9 Å². The Morgan fingerprint density at radius 1 is 1.00 bits per heavy atom. The van der Waals surface area contributed by atoms with Gasteiger partial charge in [-0.25, -0.2) is 22.5 Å². The van der Waals surface area contributed by atoms with Crippen LogP contribution in [0.4, 0.5) is 13.2 Å². The molecule has 1 aromatic carbocycles. The average Bonchev–Trinajstić information content (AvgIpc) is 3.71. The molecule has 0 radical (unpaired) electrons. The molecule has 210 valence electrons. The second-order valence-corrected chi connectivity index (χ2v) is 10.5. The van der Waals surface area contributed by atoms with E-state index in [1.54, 1.807) is 24.5 Å². The van der Waals surface area contributed by atoms with Gasteiger partial charge in [0.15, 0.2) is 0 Å². The molecule has 2 aliphatic carbocycles. The Morgan fingerprint density at radius 3 is 2.40 bits per heavy atom. The first kappa shape index (κ1) is 27.7. The van der Waals surface area contributed by atoms with Crippen molar-refractivity contribution in [1.82, 2.24) is 34.7 Å². The van der Waals surface area contributed by atoms with Crippen molar-refractivity contribution in [3.05, 3.63) is 87.1 Å². The van der Waals surface area contributed by atoms with Crippen molar-refractivity contribution in [1.29, 1.82) is 0 Å². The van der Waals surface area contributed by atoms with Gasteiger partial charge in [-0.05, 0) is 62.3 Å². The second-order valence-electron chi connectivity index (χ2n) is 10.5. The number of rotatable bonds is 6. The van der Waals surface area contributed by atoms with E-state index in [-0.39, 0.29) is 40.9 Å². The molecule has 4 aromatic rings.